The highest BCUT2D eigenvalue weighted by Gasteiger charge is 2.12. The van der Waals surface area contributed by atoms with Gasteiger partial charge in [-0.15, -0.1) is 21.5 Å². The van der Waals surface area contributed by atoms with Gasteiger partial charge in [-0.1, -0.05) is 13.0 Å². The van der Waals surface area contributed by atoms with Crippen LogP contribution in [0.2, 0.25) is 0 Å². The van der Waals surface area contributed by atoms with Crippen molar-refractivity contribution in [2.75, 3.05) is 0 Å². The molecule has 2 rings (SSSR count). The standard InChI is InChI=1S/C13H20N4S/c1-4-11(12-7-6-8-18-12)14-9-13-16-15-10(3)17(13)5-2/h6-8,11,14H,4-5,9H2,1-3H3/t11-/m0/s1. The Morgan fingerprint density at radius 2 is 2.22 bits per heavy atom. The Morgan fingerprint density at radius 1 is 1.39 bits per heavy atom. The fourth-order valence-electron chi connectivity index (χ4n) is 2.12. The Kier molecular flexibility index (Phi) is 4.49. The van der Waals surface area contributed by atoms with Crippen LogP contribution in [0, 0.1) is 6.92 Å². The van der Waals surface area contributed by atoms with Crippen molar-refractivity contribution in [1.82, 2.24) is 20.1 Å². The van der Waals surface area contributed by atoms with Crippen LogP contribution >= 0.6 is 11.3 Å². The smallest absolute Gasteiger partial charge is 0.147 e. The van der Waals surface area contributed by atoms with Gasteiger partial charge in [0.25, 0.3) is 0 Å². The second kappa shape index (κ2) is 6.11. The van der Waals surface area contributed by atoms with Crippen molar-refractivity contribution in [2.24, 2.45) is 0 Å². The zero-order chi connectivity index (χ0) is 13.0. The van der Waals surface area contributed by atoms with E-state index in [-0.39, 0.29) is 0 Å². The van der Waals surface area contributed by atoms with E-state index in [1.807, 2.05) is 6.92 Å². The Bertz CT molecular complexity index is 475. The molecule has 4 nitrogen and oxygen atoms in total. The van der Waals surface area contributed by atoms with E-state index in [2.05, 4.69) is 51.4 Å². The van der Waals surface area contributed by atoms with Gasteiger partial charge in [-0.05, 0) is 31.7 Å². The van der Waals surface area contributed by atoms with Crippen molar-refractivity contribution in [2.45, 2.75) is 46.3 Å². The van der Waals surface area contributed by atoms with Crippen molar-refractivity contribution >= 4 is 11.3 Å². The van der Waals surface area contributed by atoms with Gasteiger partial charge >= 0.3 is 0 Å². The van der Waals surface area contributed by atoms with E-state index in [1.54, 1.807) is 11.3 Å². The van der Waals surface area contributed by atoms with Crippen LogP contribution in [-0.4, -0.2) is 14.8 Å². The predicted molar refractivity (Wildman–Crippen MR) is 74.6 cm³/mol. The SMILES string of the molecule is CC[C@H](NCc1nnc(C)n1CC)c1cccs1. The molecule has 1 N–H and O–H groups in total. The van der Waals surface area contributed by atoms with Gasteiger partial charge in [0, 0.05) is 17.5 Å². The van der Waals surface area contributed by atoms with Crippen molar-refractivity contribution in [3.8, 4) is 0 Å². The van der Waals surface area contributed by atoms with Crippen LogP contribution in [-0.2, 0) is 13.1 Å². The molecule has 1 atom stereocenters. The third kappa shape index (κ3) is 2.79. The molecule has 0 amide bonds. The summed E-state index contributed by atoms with van der Waals surface area (Å²) in [6.07, 6.45) is 1.08. The van der Waals surface area contributed by atoms with Gasteiger partial charge in [-0.3, -0.25) is 0 Å². The lowest BCUT2D eigenvalue weighted by Crippen LogP contribution is -2.22. The topological polar surface area (TPSA) is 42.7 Å². The molecule has 0 aliphatic heterocycles. The number of aromatic nitrogens is 3. The van der Waals surface area contributed by atoms with Crippen molar-refractivity contribution in [1.29, 1.82) is 0 Å². The molecule has 2 aromatic rings. The Hall–Kier alpha value is -1.20. The summed E-state index contributed by atoms with van der Waals surface area (Å²) >= 11 is 1.80. The zero-order valence-corrected chi connectivity index (χ0v) is 12.0. The Balaban J connectivity index is 2.02. The van der Waals surface area contributed by atoms with Gasteiger partial charge in [0.1, 0.15) is 11.6 Å². The first kappa shape index (κ1) is 13.2. The monoisotopic (exact) mass is 264 g/mol. The second-order valence-corrected chi connectivity index (χ2v) is 5.24. The van der Waals surface area contributed by atoms with Gasteiger partial charge in [0.05, 0.1) is 6.54 Å². The number of hydrogen-bond donors (Lipinski definition) is 1. The number of hydrogen-bond acceptors (Lipinski definition) is 4. The predicted octanol–water partition coefficient (Wildman–Crippen LogP) is 2.91. The molecule has 5 heteroatoms. The molecule has 0 saturated carbocycles. The van der Waals surface area contributed by atoms with Crippen LogP contribution in [0.1, 0.15) is 42.8 Å². The molecule has 2 aromatic heterocycles. The maximum Gasteiger partial charge on any atom is 0.147 e. The average molecular weight is 264 g/mol. The summed E-state index contributed by atoms with van der Waals surface area (Å²) in [6, 6.07) is 4.69. The lowest BCUT2D eigenvalue weighted by molar-refractivity contribution is 0.502. The quantitative estimate of drug-likeness (QED) is 0.872. The molecule has 0 aromatic carbocycles. The maximum atomic E-state index is 4.23. The third-order valence-corrected chi connectivity index (χ3v) is 4.12. The van der Waals surface area contributed by atoms with Gasteiger partial charge in [0.15, 0.2) is 0 Å². The molecule has 0 unspecified atom stereocenters. The van der Waals surface area contributed by atoms with Gasteiger partial charge in [-0.25, -0.2) is 0 Å². The molecule has 0 spiro atoms. The Labute approximate surface area is 112 Å². The number of aryl methyl sites for hydroxylation is 1. The van der Waals surface area contributed by atoms with E-state index >= 15 is 0 Å². The molecule has 2 heterocycles. The normalized spacial score (nSPS) is 12.8. The third-order valence-electron chi connectivity index (χ3n) is 3.13. The first-order valence-electron chi connectivity index (χ1n) is 6.41. The van der Waals surface area contributed by atoms with Crippen LogP contribution in [0.3, 0.4) is 0 Å². The summed E-state index contributed by atoms with van der Waals surface area (Å²) in [5.74, 6) is 2.00. The highest BCUT2D eigenvalue weighted by molar-refractivity contribution is 7.10. The fourth-order valence-corrected chi connectivity index (χ4v) is 3.00. The average Bonchev–Trinajstić information content (AvgIpc) is 3.00. The van der Waals surface area contributed by atoms with Crippen LogP contribution in [0.4, 0.5) is 0 Å². The molecular formula is C13H20N4S. The van der Waals surface area contributed by atoms with Crippen LogP contribution in [0.25, 0.3) is 0 Å². The van der Waals surface area contributed by atoms with E-state index in [9.17, 15) is 0 Å². The van der Waals surface area contributed by atoms with Crippen molar-refractivity contribution in [3.63, 3.8) is 0 Å². The minimum absolute atomic E-state index is 0.410. The Morgan fingerprint density at radius 3 is 2.83 bits per heavy atom. The summed E-state index contributed by atoms with van der Waals surface area (Å²) in [7, 11) is 0. The van der Waals surface area contributed by atoms with E-state index in [1.165, 1.54) is 4.88 Å². The molecule has 0 aliphatic carbocycles. The van der Waals surface area contributed by atoms with E-state index < -0.39 is 0 Å². The minimum Gasteiger partial charge on any atom is -0.314 e. The number of thiophene rings is 1. The van der Waals surface area contributed by atoms with Crippen LogP contribution in [0.5, 0.6) is 0 Å². The molecule has 0 fully saturated rings. The van der Waals surface area contributed by atoms with E-state index in [0.717, 1.165) is 31.2 Å². The summed E-state index contributed by atoms with van der Waals surface area (Å²) in [5.41, 5.74) is 0. The maximum absolute atomic E-state index is 4.23. The first-order chi connectivity index (χ1) is 8.76. The highest BCUT2D eigenvalue weighted by atomic mass is 32.1. The largest absolute Gasteiger partial charge is 0.314 e. The van der Waals surface area contributed by atoms with E-state index in [4.69, 9.17) is 0 Å². The first-order valence-corrected chi connectivity index (χ1v) is 7.29. The van der Waals surface area contributed by atoms with Crippen LogP contribution < -0.4 is 5.32 Å². The van der Waals surface area contributed by atoms with Gasteiger partial charge in [-0.2, -0.15) is 0 Å². The minimum atomic E-state index is 0.410. The molecular weight excluding hydrogens is 244 g/mol. The van der Waals surface area contributed by atoms with Crippen molar-refractivity contribution in [3.05, 3.63) is 34.0 Å². The van der Waals surface area contributed by atoms with Crippen LogP contribution in [0.15, 0.2) is 17.5 Å². The molecule has 0 aliphatic rings. The molecule has 0 bridgehead atoms. The lowest BCUT2D eigenvalue weighted by Gasteiger charge is -2.15. The number of nitrogens with one attached hydrogen (secondary N) is 1. The second-order valence-electron chi connectivity index (χ2n) is 4.26. The fraction of sp³-hybridized carbons (Fsp3) is 0.538. The van der Waals surface area contributed by atoms with Gasteiger partial charge < -0.3 is 9.88 Å². The van der Waals surface area contributed by atoms with E-state index in [0.29, 0.717) is 6.04 Å². The molecule has 0 radical (unpaired) electrons. The molecule has 98 valence electrons. The molecule has 18 heavy (non-hydrogen) atoms. The summed E-state index contributed by atoms with van der Waals surface area (Å²) in [6.45, 7) is 8.01. The van der Waals surface area contributed by atoms with Crippen molar-refractivity contribution < 1.29 is 0 Å². The van der Waals surface area contributed by atoms with Gasteiger partial charge in [0.2, 0.25) is 0 Å². The molecule has 0 saturated heterocycles. The zero-order valence-electron chi connectivity index (χ0n) is 11.2. The summed E-state index contributed by atoms with van der Waals surface area (Å²) < 4.78 is 2.15. The number of nitrogens with zero attached hydrogens (tertiary/aromatic N) is 3. The number of rotatable bonds is 6. The lowest BCUT2D eigenvalue weighted by atomic mass is 10.2. The summed E-state index contributed by atoms with van der Waals surface area (Å²) in [5, 5.41) is 14.0. The highest BCUT2D eigenvalue weighted by Crippen LogP contribution is 2.21. The summed E-state index contributed by atoms with van der Waals surface area (Å²) in [4.78, 5) is 1.39.